The number of rotatable bonds is 28. The standard InChI is InChI=1S/C33H66O2/c1-5-8-11-13-15-16-17-18-19-21-23-26-29-32(28-24-10-7-3)30-35-33(34)31(4)27-25-22-20-14-12-9-6-2/h31-32H,5-30H2,1-4H3. The first-order valence-electron chi connectivity index (χ1n) is 16.3. The molecule has 2 unspecified atom stereocenters. The van der Waals surface area contributed by atoms with E-state index in [9.17, 15) is 4.79 Å². The smallest absolute Gasteiger partial charge is 0.308 e. The van der Waals surface area contributed by atoms with Crippen LogP contribution in [0.2, 0.25) is 0 Å². The molecule has 0 N–H and O–H groups in total. The van der Waals surface area contributed by atoms with Crippen LogP contribution in [0.3, 0.4) is 0 Å². The van der Waals surface area contributed by atoms with E-state index in [0.29, 0.717) is 12.5 Å². The van der Waals surface area contributed by atoms with Crippen LogP contribution in [0.1, 0.15) is 188 Å². The molecule has 0 aliphatic rings. The Balaban J connectivity index is 3.90. The lowest BCUT2D eigenvalue weighted by molar-refractivity contribution is -0.149. The van der Waals surface area contributed by atoms with E-state index >= 15 is 0 Å². The summed E-state index contributed by atoms with van der Waals surface area (Å²) >= 11 is 0. The summed E-state index contributed by atoms with van der Waals surface area (Å²) in [5, 5.41) is 0. The van der Waals surface area contributed by atoms with E-state index in [1.165, 1.54) is 154 Å². The van der Waals surface area contributed by atoms with Crippen LogP contribution in [0, 0.1) is 11.8 Å². The van der Waals surface area contributed by atoms with Crippen LogP contribution in [0.15, 0.2) is 0 Å². The average molecular weight is 495 g/mol. The Morgan fingerprint density at radius 2 is 0.800 bits per heavy atom. The molecule has 0 fully saturated rings. The van der Waals surface area contributed by atoms with Gasteiger partial charge in [-0.05, 0) is 25.2 Å². The fourth-order valence-corrected chi connectivity index (χ4v) is 5.14. The fourth-order valence-electron chi connectivity index (χ4n) is 5.14. The van der Waals surface area contributed by atoms with E-state index in [-0.39, 0.29) is 11.9 Å². The zero-order valence-corrected chi connectivity index (χ0v) is 24.9. The van der Waals surface area contributed by atoms with E-state index in [1.54, 1.807) is 0 Å². The Labute approximate surface area is 222 Å². The maximum absolute atomic E-state index is 12.5. The van der Waals surface area contributed by atoms with Crippen LogP contribution < -0.4 is 0 Å². The van der Waals surface area contributed by atoms with Gasteiger partial charge in [0, 0.05) is 0 Å². The van der Waals surface area contributed by atoms with Crippen molar-refractivity contribution in [2.24, 2.45) is 11.8 Å². The number of hydrogen-bond donors (Lipinski definition) is 0. The Hall–Kier alpha value is -0.530. The first kappa shape index (κ1) is 34.5. The third-order valence-electron chi connectivity index (χ3n) is 7.79. The predicted octanol–water partition coefficient (Wildman–Crippen LogP) is 11.6. The molecule has 0 heterocycles. The summed E-state index contributed by atoms with van der Waals surface area (Å²) in [6.07, 6.45) is 33.2. The van der Waals surface area contributed by atoms with Crippen LogP contribution in [-0.2, 0) is 9.53 Å². The number of carbonyl (C=O) groups is 1. The van der Waals surface area contributed by atoms with Gasteiger partial charge in [0.25, 0.3) is 0 Å². The van der Waals surface area contributed by atoms with Crippen molar-refractivity contribution in [1.82, 2.24) is 0 Å². The van der Waals surface area contributed by atoms with Crippen LogP contribution in [0.25, 0.3) is 0 Å². The lowest BCUT2D eigenvalue weighted by Crippen LogP contribution is -2.19. The summed E-state index contributed by atoms with van der Waals surface area (Å²) in [5.41, 5.74) is 0. The van der Waals surface area contributed by atoms with E-state index in [0.717, 1.165) is 6.42 Å². The Kier molecular flexibility index (Phi) is 27.6. The molecule has 0 aliphatic heterocycles. The highest BCUT2D eigenvalue weighted by Crippen LogP contribution is 2.21. The first-order chi connectivity index (χ1) is 17.2. The summed E-state index contributed by atoms with van der Waals surface area (Å²) in [5.74, 6) is 0.680. The lowest BCUT2D eigenvalue weighted by Gasteiger charge is -2.19. The van der Waals surface area contributed by atoms with Crippen molar-refractivity contribution in [3.8, 4) is 0 Å². The molecule has 35 heavy (non-hydrogen) atoms. The monoisotopic (exact) mass is 495 g/mol. The van der Waals surface area contributed by atoms with Gasteiger partial charge in [0.1, 0.15) is 0 Å². The molecule has 2 nitrogen and oxygen atoms in total. The molecule has 2 heteroatoms. The molecule has 0 aromatic carbocycles. The number of carbonyl (C=O) groups excluding carboxylic acids is 1. The first-order valence-corrected chi connectivity index (χ1v) is 16.3. The molecular weight excluding hydrogens is 428 g/mol. The summed E-state index contributed by atoms with van der Waals surface area (Å²) in [6, 6.07) is 0. The van der Waals surface area contributed by atoms with Gasteiger partial charge >= 0.3 is 5.97 Å². The summed E-state index contributed by atoms with van der Waals surface area (Å²) in [6.45, 7) is 9.55. The second-order valence-corrected chi connectivity index (χ2v) is 11.5. The number of unbranched alkanes of at least 4 members (excludes halogenated alkanes) is 19. The molecule has 2 atom stereocenters. The Morgan fingerprint density at radius 3 is 1.23 bits per heavy atom. The zero-order chi connectivity index (χ0) is 25.8. The topological polar surface area (TPSA) is 26.3 Å². The minimum Gasteiger partial charge on any atom is -0.465 e. The maximum Gasteiger partial charge on any atom is 0.308 e. The second kappa shape index (κ2) is 28.0. The molecule has 0 saturated heterocycles. The van der Waals surface area contributed by atoms with Gasteiger partial charge in [-0.1, -0.05) is 169 Å². The molecule has 0 bridgehead atoms. The largest absolute Gasteiger partial charge is 0.465 e. The average Bonchev–Trinajstić information content (AvgIpc) is 2.86. The van der Waals surface area contributed by atoms with Gasteiger partial charge in [-0.3, -0.25) is 4.79 Å². The van der Waals surface area contributed by atoms with Gasteiger partial charge in [-0.2, -0.15) is 0 Å². The zero-order valence-electron chi connectivity index (χ0n) is 24.9. The molecule has 0 saturated carbocycles. The highest BCUT2D eigenvalue weighted by Gasteiger charge is 2.17. The predicted molar refractivity (Wildman–Crippen MR) is 156 cm³/mol. The van der Waals surface area contributed by atoms with Crippen molar-refractivity contribution in [2.45, 2.75) is 188 Å². The number of hydrogen-bond acceptors (Lipinski definition) is 2. The molecule has 0 radical (unpaired) electrons. The van der Waals surface area contributed by atoms with Gasteiger partial charge in [0.15, 0.2) is 0 Å². The second-order valence-electron chi connectivity index (χ2n) is 11.5. The third kappa shape index (κ3) is 24.9. The van der Waals surface area contributed by atoms with Gasteiger partial charge in [-0.25, -0.2) is 0 Å². The quantitative estimate of drug-likeness (QED) is 0.0798. The number of esters is 1. The van der Waals surface area contributed by atoms with Crippen LogP contribution in [0.4, 0.5) is 0 Å². The van der Waals surface area contributed by atoms with Crippen molar-refractivity contribution < 1.29 is 9.53 Å². The van der Waals surface area contributed by atoms with E-state index in [1.807, 2.05) is 0 Å². The molecule has 0 amide bonds. The highest BCUT2D eigenvalue weighted by molar-refractivity contribution is 5.71. The molecule has 210 valence electrons. The minimum absolute atomic E-state index is 0.0474. The molecule has 0 aromatic rings. The van der Waals surface area contributed by atoms with Crippen molar-refractivity contribution in [3.63, 3.8) is 0 Å². The molecule has 0 rings (SSSR count). The van der Waals surface area contributed by atoms with E-state index < -0.39 is 0 Å². The number of ether oxygens (including phenoxy) is 1. The van der Waals surface area contributed by atoms with Gasteiger partial charge in [0.2, 0.25) is 0 Å². The summed E-state index contributed by atoms with van der Waals surface area (Å²) in [7, 11) is 0. The fraction of sp³-hybridized carbons (Fsp3) is 0.970. The molecule has 0 spiro atoms. The van der Waals surface area contributed by atoms with E-state index in [4.69, 9.17) is 4.74 Å². The van der Waals surface area contributed by atoms with Crippen molar-refractivity contribution in [2.75, 3.05) is 6.61 Å². The normalized spacial score (nSPS) is 13.1. The van der Waals surface area contributed by atoms with Gasteiger partial charge in [0.05, 0.1) is 12.5 Å². The lowest BCUT2D eigenvalue weighted by atomic mass is 9.95. The SMILES string of the molecule is CCCCCCCCCCCCCCC(CCCCC)COC(=O)C(C)CCCCCCCCC. The molecule has 0 aromatic heterocycles. The van der Waals surface area contributed by atoms with Gasteiger partial charge in [-0.15, -0.1) is 0 Å². The highest BCUT2D eigenvalue weighted by atomic mass is 16.5. The Bertz CT molecular complexity index is 419. The van der Waals surface area contributed by atoms with E-state index in [2.05, 4.69) is 27.7 Å². The van der Waals surface area contributed by atoms with Crippen molar-refractivity contribution in [1.29, 1.82) is 0 Å². The molecular formula is C33H66O2. The minimum atomic E-state index is 0.0474. The Morgan fingerprint density at radius 1 is 0.486 bits per heavy atom. The summed E-state index contributed by atoms with van der Waals surface area (Å²) < 4.78 is 5.83. The van der Waals surface area contributed by atoms with Gasteiger partial charge < -0.3 is 4.74 Å². The van der Waals surface area contributed by atoms with Crippen molar-refractivity contribution >= 4 is 5.97 Å². The van der Waals surface area contributed by atoms with Crippen LogP contribution >= 0.6 is 0 Å². The summed E-state index contributed by atoms with van der Waals surface area (Å²) in [4.78, 5) is 12.5. The molecule has 0 aliphatic carbocycles. The maximum atomic E-state index is 12.5. The van der Waals surface area contributed by atoms with Crippen LogP contribution in [-0.4, -0.2) is 12.6 Å². The van der Waals surface area contributed by atoms with Crippen molar-refractivity contribution in [3.05, 3.63) is 0 Å². The van der Waals surface area contributed by atoms with Crippen LogP contribution in [0.5, 0.6) is 0 Å². The third-order valence-corrected chi connectivity index (χ3v) is 7.79.